The maximum Gasteiger partial charge on any atom is 0.223 e. The zero-order valence-corrected chi connectivity index (χ0v) is 9.54. The van der Waals surface area contributed by atoms with Gasteiger partial charge in [0.05, 0.1) is 0 Å². The molecule has 2 rings (SSSR count). The van der Waals surface area contributed by atoms with E-state index in [1.165, 1.54) is 19.4 Å². The van der Waals surface area contributed by atoms with Crippen molar-refractivity contribution in [3.8, 4) is 0 Å². The van der Waals surface area contributed by atoms with Gasteiger partial charge in [-0.05, 0) is 26.4 Å². The molecule has 0 aromatic rings. The summed E-state index contributed by atoms with van der Waals surface area (Å²) in [5.74, 6) is 0.320. The third kappa shape index (κ3) is 2.69. The topological polar surface area (TPSA) is 35.6 Å². The van der Waals surface area contributed by atoms with Gasteiger partial charge in [-0.3, -0.25) is 4.79 Å². The number of carbonyl (C=O) groups excluding carboxylic acids is 1. The van der Waals surface area contributed by atoms with Crippen LogP contribution in [0.1, 0.15) is 19.3 Å². The molecule has 1 unspecified atom stereocenters. The van der Waals surface area contributed by atoms with Crippen molar-refractivity contribution in [2.75, 3.05) is 39.8 Å². The summed E-state index contributed by atoms with van der Waals surface area (Å²) < 4.78 is 0. The Hall–Kier alpha value is -0.610. The molecule has 1 amide bonds. The van der Waals surface area contributed by atoms with Crippen LogP contribution in [-0.2, 0) is 4.79 Å². The number of hydrogen-bond acceptors (Lipinski definition) is 3. The summed E-state index contributed by atoms with van der Waals surface area (Å²) in [5.41, 5.74) is 0. The van der Waals surface area contributed by atoms with E-state index in [1.807, 2.05) is 4.90 Å². The van der Waals surface area contributed by atoms with Crippen LogP contribution in [0.25, 0.3) is 0 Å². The van der Waals surface area contributed by atoms with Crippen LogP contribution >= 0.6 is 0 Å². The van der Waals surface area contributed by atoms with Gasteiger partial charge in [0.25, 0.3) is 0 Å². The maximum absolute atomic E-state index is 11.8. The summed E-state index contributed by atoms with van der Waals surface area (Å²) in [6.07, 6.45) is 3.19. The average Bonchev–Trinajstić information content (AvgIpc) is 2.50. The summed E-state index contributed by atoms with van der Waals surface area (Å²) in [5, 5.41) is 3.27. The highest BCUT2D eigenvalue weighted by atomic mass is 16.2. The lowest BCUT2D eigenvalue weighted by atomic mass is 10.2. The molecular formula is C11H21N3O. The van der Waals surface area contributed by atoms with E-state index in [9.17, 15) is 4.79 Å². The first-order valence-electron chi connectivity index (χ1n) is 5.96. The predicted molar refractivity (Wildman–Crippen MR) is 59.7 cm³/mol. The first-order valence-corrected chi connectivity index (χ1v) is 5.96. The summed E-state index contributed by atoms with van der Waals surface area (Å²) in [6, 6.07) is 0.590. The van der Waals surface area contributed by atoms with Crippen molar-refractivity contribution in [3.63, 3.8) is 0 Å². The summed E-state index contributed by atoms with van der Waals surface area (Å²) >= 11 is 0. The molecule has 15 heavy (non-hydrogen) atoms. The van der Waals surface area contributed by atoms with E-state index in [0.717, 1.165) is 26.2 Å². The molecule has 0 bridgehead atoms. The summed E-state index contributed by atoms with van der Waals surface area (Å²) in [4.78, 5) is 16.2. The van der Waals surface area contributed by atoms with E-state index in [2.05, 4.69) is 17.3 Å². The third-order valence-electron chi connectivity index (χ3n) is 3.53. The molecule has 0 aliphatic carbocycles. The Morgan fingerprint density at radius 2 is 2.27 bits per heavy atom. The molecule has 2 fully saturated rings. The number of nitrogens with zero attached hydrogens (tertiary/aromatic N) is 2. The van der Waals surface area contributed by atoms with E-state index in [-0.39, 0.29) is 0 Å². The Labute approximate surface area is 91.6 Å². The van der Waals surface area contributed by atoms with Gasteiger partial charge >= 0.3 is 0 Å². The molecule has 0 aromatic heterocycles. The number of carbonyl (C=O) groups is 1. The van der Waals surface area contributed by atoms with E-state index < -0.39 is 0 Å². The molecule has 0 radical (unpaired) electrons. The highest BCUT2D eigenvalue weighted by Gasteiger charge is 2.25. The average molecular weight is 211 g/mol. The van der Waals surface area contributed by atoms with Gasteiger partial charge < -0.3 is 15.1 Å². The highest BCUT2D eigenvalue weighted by molar-refractivity contribution is 5.76. The fraction of sp³-hybridized carbons (Fsp3) is 0.909. The van der Waals surface area contributed by atoms with Gasteiger partial charge in [-0.25, -0.2) is 0 Å². The van der Waals surface area contributed by atoms with Crippen LogP contribution in [0.2, 0.25) is 0 Å². The number of nitrogens with one attached hydrogen (secondary N) is 1. The van der Waals surface area contributed by atoms with Crippen molar-refractivity contribution in [1.82, 2.24) is 15.1 Å². The Morgan fingerprint density at radius 3 is 3.00 bits per heavy atom. The van der Waals surface area contributed by atoms with Crippen LogP contribution in [0.15, 0.2) is 0 Å². The quantitative estimate of drug-likeness (QED) is 0.693. The lowest BCUT2D eigenvalue weighted by Crippen LogP contribution is -2.42. The van der Waals surface area contributed by atoms with Crippen molar-refractivity contribution >= 4 is 5.91 Å². The second-order valence-electron chi connectivity index (χ2n) is 4.62. The molecule has 2 saturated heterocycles. The van der Waals surface area contributed by atoms with Crippen LogP contribution in [-0.4, -0.2) is 61.5 Å². The number of amides is 1. The number of likely N-dealkylation sites (N-methyl/N-ethyl adjacent to an activating group) is 1. The first-order chi connectivity index (χ1) is 7.27. The Morgan fingerprint density at radius 1 is 1.40 bits per heavy atom. The first kappa shape index (κ1) is 10.9. The highest BCUT2D eigenvalue weighted by Crippen LogP contribution is 2.16. The van der Waals surface area contributed by atoms with E-state index in [4.69, 9.17) is 0 Å². The maximum atomic E-state index is 11.8. The molecule has 2 aliphatic heterocycles. The molecule has 0 aromatic carbocycles. The fourth-order valence-corrected chi connectivity index (χ4v) is 2.47. The SMILES string of the molecule is CN1CCCC1CN1CCNCCC1=O. The third-order valence-corrected chi connectivity index (χ3v) is 3.53. The normalized spacial score (nSPS) is 29.5. The zero-order valence-electron chi connectivity index (χ0n) is 9.54. The Bertz CT molecular complexity index is 232. The smallest absolute Gasteiger partial charge is 0.223 e. The van der Waals surface area contributed by atoms with Gasteiger partial charge in [0.2, 0.25) is 5.91 Å². The van der Waals surface area contributed by atoms with Gasteiger partial charge in [0.1, 0.15) is 0 Å². The van der Waals surface area contributed by atoms with Crippen LogP contribution in [0, 0.1) is 0 Å². The minimum Gasteiger partial charge on any atom is -0.340 e. The monoisotopic (exact) mass is 211 g/mol. The molecule has 2 heterocycles. The number of rotatable bonds is 2. The predicted octanol–water partition coefficient (Wildman–Crippen LogP) is -0.0975. The molecule has 1 N–H and O–H groups in total. The number of likely N-dealkylation sites (tertiary alicyclic amines) is 1. The molecule has 0 spiro atoms. The second kappa shape index (κ2) is 4.94. The van der Waals surface area contributed by atoms with Crippen LogP contribution in [0.3, 0.4) is 0 Å². The van der Waals surface area contributed by atoms with Crippen LogP contribution in [0.4, 0.5) is 0 Å². The molecule has 4 nitrogen and oxygen atoms in total. The molecule has 0 saturated carbocycles. The van der Waals surface area contributed by atoms with Crippen molar-refractivity contribution in [3.05, 3.63) is 0 Å². The minimum absolute atomic E-state index is 0.320. The number of hydrogen-bond donors (Lipinski definition) is 1. The van der Waals surface area contributed by atoms with Crippen LogP contribution < -0.4 is 5.32 Å². The van der Waals surface area contributed by atoms with Gasteiger partial charge in [-0.1, -0.05) is 0 Å². The molecule has 4 heteroatoms. The molecule has 86 valence electrons. The van der Waals surface area contributed by atoms with Gasteiger partial charge in [0, 0.05) is 38.6 Å². The zero-order chi connectivity index (χ0) is 10.7. The van der Waals surface area contributed by atoms with Crippen molar-refractivity contribution in [2.24, 2.45) is 0 Å². The summed E-state index contributed by atoms with van der Waals surface area (Å²) in [7, 11) is 2.16. The van der Waals surface area contributed by atoms with Gasteiger partial charge in [-0.2, -0.15) is 0 Å². The van der Waals surface area contributed by atoms with Gasteiger partial charge in [-0.15, -0.1) is 0 Å². The lowest BCUT2D eigenvalue weighted by molar-refractivity contribution is -0.131. The Balaban J connectivity index is 1.88. The van der Waals surface area contributed by atoms with E-state index >= 15 is 0 Å². The standard InChI is InChI=1S/C11H21N3O/c1-13-7-2-3-10(13)9-14-8-6-12-5-4-11(14)15/h10,12H,2-9H2,1H3. The van der Waals surface area contributed by atoms with E-state index in [0.29, 0.717) is 18.4 Å². The molecular weight excluding hydrogens is 190 g/mol. The van der Waals surface area contributed by atoms with Crippen molar-refractivity contribution in [1.29, 1.82) is 0 Å². The largest absolute Gasteiger partial charge is 0.340 e. The molecule has 2 aliphatic rings. The van der Waals surface area contributed by atoms with E-state index in [1.54, 1.807) is 0 Å². The summed E-state index contributed by atoms with van der Waals surface area (Å²) in [6.45, 7) is 4.78. The minimum atomic E-state index is 0.320. The lowest BCUT2D eigenvalue weighted by Gasteiger charge is -2.27. The fourth-order valence-electron chi connectivity index (χ4n) is 2.47. The second-order valence-corrected chi connectivity index (χ2v) is 4.62. The van der Waals surface area contributed by atoms with Gasteiger partial charge in [0.15, 0.2) is 0 Å². The Kier molecular flexibility index (Phi) is 3.59. The molecule has 1 atom stereocenters. The van der Waals surface area contributed by atoms with Crippen molar-refractivity contribution in [2.45, 2.75) is 25.3 Å². The van der Waals surface area contributed by atoms with Crippen molar-refractivity contribution < 1.29 is 4.79 Å². The van der Waals surface area contributed by atoms with Crippen LogP contribution in [0.5, 0.6) is 0 Å².